The van der Waals surface area contributed by atoms with Crippen molar-refractivity contribution in [3.8, 4) is 0 Å². The summed E-state index contributed by atoms with van der Waals surface area (Å²) in [5, 5.41) is 27.0. The number of carbonyl (C=O) groups is 1. The zero-order valence-electron chi connectivity index (χ0n) is 12.5. The maximum atomic E-state index is 11.2. The van der Waals surface area contributed by atoms with Crippen molar-refractivity contribution in [1.82, 2.24) is 4.90 Å². The second-order valence-corrected chi connectivity index (χ2v) is 4.81. The average molecular weight is 291 g/mol. The number of ether oxygens (including phenoxy) is 1. The zero-order valence-corrected chi connectivity index (χ0v) is 12.5. The van der Waals surface area contributed by atoms with Crippen molar-refractivity contribution in [2.24, 2.45) is 0 Å². The highest BCUT2D eigenvalue weighted by molar-refractivity contribution is 5.71. The molecule has 0 aliphatic heterocycles. The molecule has 0 aromatic carbocycles. The van der Waals surface area contributed by atoms with E-state index in [4.69, 9.17) is 20.1 Å². The highest BCUT2D eigenvalue weighted by Gasteiger charge is 2.25. The molecule has 0 aromatic rings. The van der Waals surface area contributed by atoms with Crippen molar-refractivity contribution in [3.63, 3.8) is 0 Å². The topological polar surface area (TPSA) is 90.2 Å². The Morgan fingerprint density at radius 1 is 1.05 bits per heavy atom. The number of carboxylic acids is 1. The van der Waals surface area contributed by atoms with Gasteiger partial charge in [0, 0.05) is 19.7 Å². The third-order valence-electron chi connectivity index (χ3n) is 3.09. The molecule has 0 amide bonds. The molecule has 1 unspecified atom stereocenters. The summed E-state index contributed by atoms with van der Waals surface area (Å²) in [5.74, 6) is -1.09. The maximum absolute atomic E-state index is 11.2. The molecule has 0 saturated carbocycles. The largest absolute Gasteiger partial charge is 0.478 e. The molecule has 120 valence electrons. The third kappa shape index (κ3) is 9.25. The number of hydrogen-bond acceptors (Lipinski definition) is 5. The van der Waals surface area contributed by atoms with Crippen LogP contribution < -0.4 is 0 Å². The van der Waals surface area contributed by atoms with Crippen molar-refractivity contribution < 1.29 is 24.9 Å². The van der Waals surface area contributed by atoms with Crippen LogP contribution >= 0.6 is 0 Å². The van der Waals surface area contributed by atoms with E-state index in [0.717, 1.165) is 19.3 Å². The lowest BCUT2D eigenvalue weighted by molar-refractivity contribution is -0.166. The molecule has 0 aromatic heterocycles. The van der Waals surface area contributed by atoms with E-state index in [2.05, 4.69) is 6.92 Å². The van der Waals surface area contributed by atoms with Crippen molar-refractivity contribution in [1.29, 1.82) is 0 Å². The molecular formula is C14H29NO5. The molecular weight excluding hydrogens is 262 g/mol. The first-order valence-electron chi connectivity index (χ1n) is 7.47. The van der Waals surface area contributed by atoms with Gasteiger partial charge in [-0.1, -0.05) is 39.0 Å². The van der Waals surface area contributed by atoms with Gasteiger partial charge < -0.3 is 20.1 Å². The normalized spacial score (nSPS) is 12.8. The molecule has 0 rings (SSSR count). The third-order valence-corrected chi connectivity index (χ3v) is 3.09. The quantitative estimate of drug-likeness (QED) is 0.327. The maximum Gasteiger partial charge on any atom is 0.348 e. The Balaban J connectivity index is 3.97. The average Bonchev–Trinajstić information content (AvgIpc) is 2.41. The van der Waals surface area contributed by atoms with E-state index in [1.54, 1.807) is 0 Å². The molecule has 0 radical (unpaired) electrons. The first kappa shape index (κ1) is 19.3. The molecule has 6 nitrogen and oxygen atoms in total. The second-order valence-electron chi connectivity index (χ2n) is 4.81. The number of hydrogen-bond donors (Lipinski definition) is 3. The van der Waals surface area contributed by atoms with Gasteiger partial charge in [-0.2, -0.15) is 0 Å². The molecule has 6 heteroatoms. The van der Waals surface area contributed by atoms with Gasteiger partial charge in [-0.15, -0.1) is 0 Å². The summed E-state index contributed by atoms with van der Waals surface area (Å²) < 4.78 is 5.38. The summed E-state index contributed by atoms with van der Waals surface area (Å²) in [7, 11) is 0. The van der Waals surface area contributed by atoms with Gasteiger partial charge in [0.05, 0.1) is 13.2 Å². The van der Waals surface area contributed by atoms with Crippen molar-refractivity contribution in [2.75, 3.05) is 32.9 Å². The van der Waals surface area contributed by atoms with Crippen LogP contribution in [0.5, 0.6) is 0 Å². The van der Waals surface area contributed by atoms with Crippen LogP contribution in [0.3, 0.4) is 0 Å². The van der Waals surface area contributed by atoms with Gasteiger partial charge in [-0.25, -0.2) is 4.79 Å². The van der Waals surface area contributed by atoms with Crippen LogP contribution in [0.25, 0.3) is 0 Å². The Morgan fingerprint density at radius 3 is 2.10 bits per heavy atom. The highest BCUT2D eigenvalue weighted by Crippen LogP contribution is 2.07. The van der Waals surface area contributed by atoms with Crippen LogP contribution in [0.1, 0.15) is 45.4 Å². The van der Waals surface area contributed by atoms with E-state index < -0.39 is 12.2 Å². The van der Waals surface area contributed by atoms with Gasteiger partial charge in [-0.05, 0) is 6.42 Å². The van der Waals surface area contributed by atoms with Gasteiger partial charge in [0.25, 0.3) is 0 Å². The summed E-state index contributed by atoms with van der Waals surface area (Å²) >= 11 is 0. The number of aliphatic hydroxyl groups excluding tert-OH is 2. The number of unbranched alkanes of at least 4 members (excludes halogenated alkanes) is 5. The van der Waals surface area contributed by atoms with Gasteiger partial charge in [0.15, 0.2) is 0 Å². The summed E-state index contributed by atoms with van der Waals surface area (Å²) in [4.78, 5) is 12.6. The summed E-state index contributed by atoms with van der Waals surface area (Å²) in [6, 6.07) is 0. The SMILES string of the molecule is CCCCCCCCOC(C(=O)O)N(CCO)CCO. The molecule has 0 bridgehead atoms. The van der Waals surface area contributed by atoms with Crippen LogP contribution in [0.4, 0.5) is 0 Å². The number of rotatable bonds is 14. The highest BCUT2D eigenvalue weighted by atomic mass is 16.5. The van der Waals surface area contributed by atoms with Crippen molar-refractivity contribution in [3.05, 3.63) is 0 Å². The Bertz CT molecular complexity index is 232. The fourth-order valence-corrected chi connectivity index (χ4v) is 2.01. The smallest absolute Gasteiger partial charge is 0.348 e. The van der Waals surface area contributed by atoms with Crippen LogP contribution in [0.2, 0.25) is 0 Å². The molecule has 3 N–H and O–H groups in total. The number of nitrogens with zero attached hydrogens (tertiary/aromatic N) is 1. The number of aliphatic carboxylic acids is 1. The lowest BCUT2D eigenvalue weighted by Gasteiger charge is -2.27. The van der Waals surface area contributed by atoms with E-state index in [-0.39, 0.29) is 26.3 Å². The molecule has 0 fully saturated rings. The molecule has 0 saturated heterocycles. The predicted molar refractivity (Wildman–Crippen MR) is 76.5 cm³/mol. The van der Waals surface area contributed by atoms with Gasteiger partial charge in [0.2, 0.25) is 6.23 Å². The summed E-state index contributed by atoms with van der Waals surface area (Å²) in [5.41, 5.74) is 0. The Morgan fingerprint density at radius 2 is 1.60 bits per heavy atom. The predicted octanol–water partition coefficient (Wildman–Crippen LogP) is 1.06. The molecule has 0 spiro atoms. The number of carboxylic acid groups (broad SMARTS) is 1. The Labute approximate surface area is 121 Å². The van der Waals surface area contributed by atoms with Gasteiger partial charge in [-0.3, -0.25) is 4.90 Å². The minimum atomic E-state index is -1.09. The van der Waals surface area contributed by atoms with Crippen LogP contribution in [0.15, 0.2) is 0 Å². The van der Waals surface area contributed by atoms with E-state index >= 15 is 0 Å². The van der Waals surface area contributed by atoms with E-state index in [1.807, 2.05) is 0 Å². The van der Waals surface area contributed by atoms with Crippen LogP contribution in [0, 0.1) is 0 Å². The fraction of sp³-hybridized carbons (Fsp3) is 0.929. The van der Waals surface area contributed by atoms with Crippen molar-refractivity contribution >= 4 is 5.97 Å². The minimum absolute atomic E-state index is 0.163. The molecule has 1 atom stereocenters. The first-order valence-corrected chi connectivity index (χ1v) is 7.47. The van der Waals surface area contributed by atoms with E-state index in [9.17, 15) is 4.79 Å². The monoisotopic (exact) mass is 291 g/mol. The lowest BCUT2D eigenvalue weighted by Crippen LogP contribution is -2.46. The summed E-state index contributed by atoms with van der Waals surface area (Å²) in [6.45, 7) is 2.57. The Hall–Kier alpha value is -0.690. The Kier molecular flexibility index (Phi) is 12.8. The van der Waals surface area contributed by atoms with Crippen LogP contribution in [-0.4, -0.2) is 65.3 Å². The molecule has 0 heterocycles. The fourth-order valence-electron chi connectivity index (χ4n) is 2.01. The zero-order chi connectivity index (χ0) is 15.2. The van der Waals surface area contributed by atoms with Gasteiger partial charge >= 0.3 is 5.97 Å². The summed E-state index contributed by atoms with van der Waals surface area (Å²) in [6.07, 6.45) is 5.57. The standard InChI is InChI=1S/C14H29NO5/c1-2-3-4-5-6-7-12-20-13(14(18)19)15(8-10-16)9-11-17/h13,16-17H,2-12H2,1H3,(H,18,19). The van der Waals surface area contributed by atoms with E-state index in [1.165, 1.54) is 24.2 Å². The first-order chi connectivity index (χ1) is 9.67. The van der Waals surface area contributed by atoms with Crippen LogP contribution in [-0.2, 0) is 9.53 Å². The van der Waals surface area contributed by atoms with E-state index in [0.29, 0.717) is 6.61 Å². The number of aliphatic hydroxyl groups is 2. The molecule has 0 aliphatic rings. The van der Waals surface area contributed by atoms with Gasteiger partial charge in [0.1, 0.15) is 0 Å². The lowest BCUT2D eigenvalue weighted by atomic mass is 10.1. The minimum Gasteiger partial charge on any atom is -0.478 e. The van der Waals surface area contributed by atoms with Crippen molar-refractivity contribution in [2.45, 2.75) is 51.7 Å². The molecule has 20 heavy (non-hydrogen) atoms. The molecule has 0 aliphatic carbocycles. The second kappa shape index (κ2) is 13.3.